The Hall–Kier alpha value is -1.01. The Kier molecular flexibility index (Phi) is 8.66. The third kappa shape index (κ3) is 15.2. The normalized spacial score (nSPS) is 11.8. The number of aromatic nitrogens is 2. The molecule has 0 amide bonds. The summed E-state index contributed by atoms with van der Waals surface area (Å²) < 4.78 is 66.5. The van der Waals surface area contributed by atoms with Gasteiger partial charge in [0.25, 0.3) is 10.1 Å². The third-order valence-electron chi connectivity index (χ3n) is 2.30. The van der Waals surface area contributed by atoms with Crippen LogP contribution in [-0.4, -0.2) is 40.8 Å². The van der Waals surface area contributed by atoms with E-state index >= 15 is 0 Å². The zero-order chi connectivity index (χ0) is 16.5. The molecule has 0 aliphatic rings. The number of hydrogen-bond donors (Lipinski definition) is 2. The van der Waals surface area contributed by atoms with E-state index in [2.05, 4.69) is 11.5 Å². The topological polar surface area (TPSA) is 141 Å². The van der Waals surface area contributed by atoms with Gasteiger partial charge in [0.15, 0.2) is 0 Å². The summed E-state index contributed by atoms with van der Waals surface area (Å²) in [6.07, 6.45) is 8.33. The lowest BCUT2D eigenvalue weighted by Crippen LogP contribution is -2.30. The van der Waals surface area contributed by atoms with Gasteiger partial charge in [0.05, 0.1) is 18.8 Å². The van der Waals surface area contributed by atoms with E-state index in [0.29, 0.717) is 6.42 Å². The fourth-order valence-corrected chi connectivity index (χ4v) is 2.11. The van der Waals surface area contributed by atoms with E-state index in [4.69, 9.17) is 22.1 Å². The van der Waals surface area contributed by atoms with Crippen LogP contribution in [0.3, 0.4) is 0 Å². The molecule has 21 heavy (non-hydrogen) atoms. The second-order valence-corrected chi connectivity index (χ2v) is 6.74. The predicted molar refractivity (Wildman–Crippen MR) is 72.9 cm³/mol. The van der Waals surface area contributed by atoms with E-state index in [0.717, 1.165) is 25.9 Å². The Morgan fingerprint density at radius 1 is 1.19 bits per heavy atom. The first-order valence-corrected chi connectivity index (χ1v) is 9.17. The van der Waals surface area contributed by atoms with Crippen molar-refractivity contribution in [2.24, 2.45) is 0 Å². The predicted octanol–water partition coefficient (Wildman–Crippen LogP) is -0.142. The third-order valence-corrected chi connectivity index (χ3v) is 3.10. The second-order valence-electron chi connectivity index (χ2n) is 4.31. The van der Waals surface area contributed by atoms with Crippen LogP contribution in [0.15, 0.2) is 18.7 Å². The summed E-state index contributed by atoms with van der Waals surface area (Å²) in [6.45, 7) is 3.90. The molecule has 9 nitrogen and oxygen atoms in total. The maximum atomic E-state index is 10.5. The Morgan fingerprint density at radius 2 is 1.76 bits per heavy atom. The van der Waals surface area contributed by atoms with Gasteiger partial charge >= 0.3 is 0 Å². The van der Waals surface area contributed by atoms with Crippen LogP contribution in [-0.2, 0) is 33.6 Å². The van der Waals surface area contributed by atoms with Crippen LogP contribution in [0.2, 0.25) is 0 Å². The van der Waals surface area contributed by atoms with Crippen LogP contribution in [0.5, 0.6) is 0 Å². The number of aryl methyl sites for hydroxylation is 2. The smallest absolute Gasteiger partial charge is 0.264 e. The minimum Gasteiger partial charge on any atom is -0.726 e. The summed E-state index contributed by atoms with van der Waals surface area (Å²) >= 11 is 0. The molecule has 1 rings (SSSR count). The zero-order valence-corrected chi connectivity index (χ0v) is 13.3. The first-order valence-electron chi connectivity index (χ1n) is 6.19. The van der Waals surface area contributed by atoms with Crippen LogP contribution in [0.25, 0.3) is 0 Å². The maximum Gasteiger partial charge on any atom is 0.264 e. The number of imidazole rings is 1. The monoisotopic (exact) mass is 344 g/mol. The first kappa shape index (κ1) is 20.0. The Labute approximate surface area is 124 Å². The highest BCUT2D eigenvalue weighted by Crippen LogP contribution is 1.97. The van der Waals surface area contributed by atoms with Gasteiger partial charge in [0.2, 0.25) is 16.7 Å². The van der Waals surface area contributed by atoms with Crippen LogP contribution in [0.1, 0.15) is 26.2 Å². The largest absolute Gasteiger partial charge is 0.726 e. The van der Waals surface area contributed by atoms with Crippen molar-refractivity contribution in [2.45, 2.75) is 39.3 Å². The number of rotatable bonds is 7. The van der Waals surface area contributed by atoms with Crippen molar-refractivity contribution in [3.8, 4) is 0 Å². The summed E-state index contributed by atoms with van der Waals surface area (Å²) in [5.41, 5.74) is 0. The lowest BCUT2D eigenvalue weighted by molar-refractivity contribution is -0.696. The van der Waals surface area contributed by atoms with Crippen molar-refractivity contribution < 1.29 is 35.1 Å². The van der Waals surface area contributed by atoms with E-state index in [9.17, 15) is 8.42 Å². The number of nitrogens with zero attached hydrogens (tertiary/aromatic N) is 2. The summed E-state index contributed by atoms with van der Waals surface area (Å²) in [4.78, 5) is 0. The molecule has 0 bridgehead atoms. The highest BCUT2D eigenvalue weighted by Gasteiger charge is 2.06. The lowest BCUT2D eigenvalue weighted by atomic mass is 10.3. The van der Waals surface area contributed by atoms with Gasteiger partial charge < -0.3 is 4.55 Å². The quantitative estimate of drug-likeness (QED) is 0.303. The second kappa shape index (κ2) is 9.10. The summed E-state index contributed by atoms with van der Waals surface area (Å²) in [5.74, 6) is -0.150. The van der Waals surface area contributed by atoms with Crippen LogP contribution in [0, 0.1) is 0 Å². The van der Waals surface area contributed by atoms with Crippen molar-refractivity contribution in [2.75, 3.05) is 5.75 Å². The molecule has 0 saturated heterocycles. The van der Waals surface area contributed by atoms with Crippen LogP contribution in [0.4, 0.5) is 0 Å². The molecule has 2 N–H and O–H groups in total. The SMILES string of the molecule is CCC[n+]1ccn(CCCCS(=O)(=O)O)c1.O=S(=O)([O-])O. The maximum absolute atomic E-state index is 10.5. The molecular weight excluding hydrogens is 324 g/mol. The molecule has 0 unspecified atom stereocenters. The van der Waals surface area contributed by atoms with Crippen LogP contribution >= 0.6 is 0 Å². The molecule has 0 atom stereocenters. The average molecular weight is 344 g/mol. The fraction of sp³-hybridized carbons (Fsp3) is 0.700. The molecule has 1 aromatic heterocycles. The van der Waals surface area contributed by atoms with E-state index in [1.807, 2.05) is 23.3 Å². The van der Waals surface area contributed by atoms with Gasteiger partial charge in [-0.15, -0.1) is 0 Å². The van der Waals surface area contributed by atoms with Crippen molar-refractivity contribution in [1.29, 1.82) is 0 Å². The molecule has 0 aromatic carbocycles. The number of hydrogen-bond acceptors (Lipinski definition) is 5. The average Bonchev–Trinajstić information content (AvgIpc) is 2.69. The van der Waals surface area contributed by atoms with Gasteiger partial charge in [-0.2, -0.15) is 8.42 Å². The van der Waals surface area contributed by atoms with Crippen molar-refractivity contribution >= 4 is 20.5 Å². The van der Waals surface area contributed by atoms with Gasteiger partial charge in [0.1, 0.15) is 12.4 Å². The van der Waals surface area contributed by atoms with Gasteiger partial charge in [-0.3, -0.25) is 9.11 Å². The van der Waals surface area contributed by atoms with Crippen molar-refractivity contribution in [3.63, 3.8) is 0 Å². The van der Waals surface area contributed by atoms with E-state index in [1.165, 1.54) is 0 Å². The molecule has 0 aliphatic carbocycles. The van der Waals surface area contributed by atoms with Gasteiger partial charge in [0, 0.05) is 0 Å². The van der Waals surface area contributed by atoms with E-state index < -0.39 is 20.5 Å². The standard InChI is InChI=1S/C10H18N2O3S.H2O4S/c1-2-5-11-7-8-12(10-11)6-3-4-9-16(13,14)15;1-5(2,3)4/h7-8,10H,2-6,9H2,1H3;(H2,1,2,3,4). The zero-order valence-electron chi connectivity index (χ0n) is 11.6. The molecule has 1 aromatic rings. The van der Waals surface area contributed by atoms with Gasteiger partial charge in [-0.05, 0) is 19.3 Å². The summed E-state index contributed by atoms with van der Waals surface area (Å²) in [6, 6.07) is 0. The minimum absolute atomic E-state index is 0.150. The Balaban J connectivity index is 0.000000690. The minimum atomic E-state index is -4.92. The Morgan fingerprint density at radius 3 is 2.24 bits per heavy atom. The molecule has 0 saturated carbocycles. The summed E-state index contributed by atoms with van der Waals surface area (Å²) in [5, 5.41) is 0. The van der Waals surface area contributed by atoms with Crippen molar-refractivity contribution in [3.05, 3.63) is 18.7 Å². The summed E-state index contributed by atoms with van der Waals surface area (Å²) in [7, 11) is -8.71. The van der Waals surface area contributed by atoms with Crippen LogP contribution < -0.4 is 4.57 Å². The van der Waals surface area contributed by atoms with Gasteiger partial charge in [-0.1, -0.05) is 6.92 Å². The Bertz CT molecular complexity index is 599. The highest BCUT2D eigenvalue weighted by atomic mass is 32.3. The molecule has 0 spiro atoms. The fourth-order valence-electron chi connectivity index (χ4n) is 1.54. The molecular formula is C10H20N2O7S2. The molecule has 11 heteroatoms. The van der Waals surface area contributed by atoms with E-state index in [1.54, 1.807) is 0 Å². The lowest BCUT2D eigenvalue weighted by Gasteiger charge is -1.96. The molecule has 0 fully saturated rings. The first-order chi connectivity index (χ1) is 9.51. The molecule has 124 valence electrons. The molecule has 1 heterocycles. The van der Waals surface area contributed by atoms with Crippen molar-refractivity contribution in [1.82, 2.24) is 4.57 Å². The van der Waals surface area contributed by atoms with Gasteiger partial charge in [-0.25, -0.2) is 17.6 Å². The number of unbranched alkanes of at least 4 members (excludes halogenated alkanes) is 1. The molecule has 0 aliphatic heterocycles. The van der Waals surface area contributed by atoms with E-state index in [-0.39, 0.29) is 5.75 Å². The highest BCUT2D eigenvalue weighted by molar-refractivity contribution is 7.85. The molecule has 0 radical (unpaired) electrons.